The third-order valence-corrected chi connectivity index (χ3v) is 3.92. The summed E-state index contributed by atoms with van der Waals surface area (Å²) in [5.41, 5.74) is 8.92. The van der Waals surface area contributed by atoms with Gasteiger partial charge < -0.3 is 10.6 Å². The summed E-state index contributed by atoms with van der Waals surface area (Å²) in [6.45, 7) is 8.42. The number of hydrogen-bond acceptors (Lipinski definition) is 3. The van der Waals surface area contributed by atoms with Crippen LogP contribution in [-0.2, 0) is 6.42 Å². The van der Waals surface area contributed by atoms with Gasteiger partial charge in [-0.15, -0.1) is 0 Å². The summed E-state index contributed by atoms with van der Waals surface area (Å²) in [5.74, 6) is 0. The number of hydrogen-bond donors (Lipinski definition) is 1. The summed E-state index contributed by atoms with van der Waals surface area (Å²) in [7, 11) is 4.26. The maximum Gasteiger partial charge on any atom is 0.0473 e. The van der Waals surface area contributed by atoms with Crippen LogP contribution in [0, 0.1) is 0 Å². The molecule has 0 amide bonds. The van der Waals surface area contributed by atoms with Gasteiger partial charge in [-0.25, -0.2) is 0 Å². The maximum atomic E-state index is 6.08. The molecule has 0 fully saturated rings. The Balaban J connectivity index is 2.80. The maximum absolute atomic E-state index is 6.08. The molecule has 0 heterocycles. The standard InChI is InChI=1S/C17H31N3/c1-5-15-10-7-8-11-16(15)17(14-18)20(6-2)13-9-12-19(3)4/h7-8,10-11,17H,5-6,9,12-14,18H2,1-4H3. The molecule has 2 N–H and O–H groups in total. The van der Waals surface area contributed by atoms with Crippen molar-refractivity contribution < 1.29 is 0 Å². The Morgan fingerprint density at radius 3 is 2.35 bits per heavy atom. The minimum atomic E-state index is 0.346. The summed E-state index contributed by atoms with van der Waals surface area (Å²) in [6.07, 6.45) is 2.26. The van der Waals surface area contributed by atoms with E-state index in [4.69, 9.17) is 5.73 Å². The molecule has 3 heteroatoms. The Labute approximate surface area is 124 Å². The Morgan fingerprint density at radius 1 is 1.10 bits per heavy atom. The molecule has 0 bridgehead atoms. The lowest BCUT2D eigenvalue weighted by Crippen LogP contribution is -2.36. The van der Waals surface area contributed by atoms with Crippen LogP contribution in [0.15, 0.2) is 24.3 Å². The zero-order valence-electron chi connectivity index (χ0n) is 13.6. The fourth-order valence-electron chi connectivity index (χ4n) is 2.78. The number of rotatable bonds is 9. The van der Waals surface area contributed by atoms with E-state index in [1.165, 1.54) is 17.5 Å². The van der Waals surface area contributed by atoms with Crippen LogP contribution in [-0.4, -0.2) is 50.1 Å². The van der Waals surface area contributed by atoms with Crippen molar-refractivity contribution in [2.24, 2.45) is 5.73 Å². The zero-order valence-corrected chi connectivity index (χ0v) is 13.6. The van der Waals surface area contributed by atoms with Crippen LogP contribution in [0.5, 0.6) is 0 Å². The van der Waals surface area contributed by atoms with E-state index in [9.17, 15) is 0 Å². The number of benzene rings is 1. The average molecular weight is 277 g/mol. The highest BCUT2D eigenvalue weighted by Crippen LogP contribution is 2.23. The second-order valence-electron chi connectivity index (χ2n) is 5.59. The SMILES string of the molecule is CCc1ccccc1C(CN)N(CC)CCCN(C)C. The van der Waals surface area contributed by atoms with E-state index >= 15 is 0 Å². The predicted molar refractivity (Wildman–Crippen MR) is 88.0 cm³/mol. The van der Waals surface area contributed by atoms with Gasteiger partial charge in [0.25, 0.3) is 0 Å². The Bertz CT molecular complexity index is 376. The monoisotopic (exact) mass is 277 g/mol. The fraction of sp³-hybridized carbons (Fsp3) is 0.647. The van der Waals surface area contributed by atoms with Crippen molar-refractivity contribution in [3.8, 4) is 0 Å². The van der Waals surface area contributed by atoms with Gasteiger partial charge in [0.15, 0.2) is 0 Å². The first-order valence-electron chi connectivity index (χ1n) is 7.80. The number of nitrogens with zero attached hydrogens (tertiary/aromatic N) is 2. The Hall–Kier alpha value is -0.900. The molecule has 3 nitrogen and oxygen atoms in total. The van der Waals surface area contributed by atoms with Crippen LogP contribution in [0.2, 0.25) is 0 Å². The van der Waals surface area contributed by atoms with Gasteiger partial charge >= 0.3 is 0 Å². The molecule has 1 aromatic carbocycles. The van der Waals surface area contributed by atoms with E-state index in [0.29, 0.717) is 12.6 Å². The molecule has 0 aliphatic rings. The Kier molecular flexibility index (Phi) is 7.82. The molecule has 1 rings (SSSR count). The van der Waals surface area contributed by atoms with Crippen LogP contribution < -0.4 is 5.73 Å². The highest BCUT2D eigenvalue weighted by atomic mass is 15.2. The molecule has 0 radical (unpaired) electrons. The molecular weight excluding hydrogens is 246 g/mol. The van der Waals surface area contributed by atoms with Crippen LogP contribution >= 0.6 is 0 Å². The lowest BCUT2D eigenvalue weighted by Gasteiger charge is -2.32. The second-order valence-corrected chi connectivity index (χ2v) is 5.59. The van der Waals surface area contributed by atoms with E-state index < -0.39 is 0 Å². The van der Waals surface area contributed by atoms with Crippen molar-refractivity contribution in [3.05, 3.63) is 35.4 Å². The third-order valence-electron chi connectivity index (χ3n) is 3.92. The number of aryl methyl sites for hydroxylation is 1. The molecule has 114 valence electrons. The van der Waals surface area contributed by atoms with Gasteiger partial charge in [0.1, 0.15) is 0 Å². The third kappa shape index (κ3) is 4.89. The highest BCUT2D eigenvalue weighted by Gasteiger charge is 2.19. The lowest BCUT2D eigenvalue weighted by atomic mass is 9.97. The topological polar surface area (TPSA) is 32.5 Å². The minimum absolute atomic E-state index is 0.346. The summed E-state index contributed by atoms with van der Waals surface area (Å²) in [4.78, 5) is 4.75. The van der Waals surface area contributed by atoms with E-state index in [-0.39, 0.29) is 0 Å². The molecule has 20 heavy (non-hydrogen) atoms. The molecule has 0 spiro atoms. The van der Waals surface area contributed by atoms with Crippen molar-refractivity contribution in [3.63, 3.8) is 0 Å². The smallest absolute Gasteiger partial charge is 0.0473 e. The van der Waals surface area contributed by atoms with Gasteiger partial charge in [-0.2, -0.15) is 0 Å². The first-order valence-corrected chi connectivity index (χ1v) is 7.80. The zero-order chi connectivity index (χ0) is 15.0. The van der Waals surface area contributed by atoms with Gasteiger partial charge in [-0.3, -0.25) is 4.90 Å². The molecule has 0 saturated carbocycles. The first-order chi connectivity index (χ1) is 9.63. The number of nitrogens with two attached hydrogens (primary N) is 1. The summed E-state index contributed by atoms with van der Waals surface area (Å²) in [5, 5.41) is 0. The van der Waals surface area contributed by atoms with E-state index in [1.807, 2.05) is 0 Å². The summed E-state index contributed by atoms with van der Waals surface area (Å²) >= 11 is 0. The molecule has 0 saturated heterocycles. The average Bonchev–Trinajstić information content (AvgIpc) is 2.46. The van der Waals surface area contributed by atoms with Crippen LogP contribution in [0.1, 0.15) is 37.4 Å². The largest absolute Gasteiger partial charge is 0.329 e. The van der Waals surface area contributed by atoms with Gasteiger partial charge in [-0.05, 0) is 51.2 Å². The van der Waals surface area contributed by atoms with Crippen molar-refractivity contribution >= 4 is 0 Å². The van der Waals surface area contributed by atoms with Crippen molar-refractivity contribution in [2.45, 2.75) is 32.7 Å². The number of likely N-dealkylation sites (N-methyl/N-ethyl adjacent to an activating group) is 1. The molecule has 1 atom stereocenters. The lowest BCUT2D eigenvalue weighted by molar-refractivity contribution is 0.200. The molecule has 1 unspecified atom stereocenters. The molecular formula is C17H31N3. The highest BCUT2D eigenvalue weighted by molar-refractivity contribution is 5.30. The molecule has 0 aromatic heterocycles. The van der Waals surface area contributed by atoms with Crippen molar-refractivity contribution in [2.75, 3.05) is 40.3 Å². The van der Waals surface area contributed by atoms with Gasteiger partial charge in [-0.1, -0.05) is 38.1 Å². The summed E-state index contributed by atoms with van der Waals surface area (Å²) < 4.78 is 0. The van der Waals surface area contributed by atoms with Crippen LogP contribution in [0.3, 0.4) is 0 Å². The minimum Gasteiger partial charge on any atom is -0.329 e. The molecule has 0 aliphatic heterocycles. The van der Waals surface area contributed by atoms with Gasteiger partial charge in [0.05, 0.1) is 0 Å². The normalized spacial score (nSPS) is 13.2. The molecule has 0 aliphatic carbocycles. The quantitative estimate of drug-likeness (QED) is 0.753. The van der Waals surface area contributed by atoms with Crippen molar-refractivity contribution in [1.29, 1.82) is 0 Å². The van der Waals surface area contributed by atoms with Gasteiger partial charge in [0.2, 0.25) is 0 Å². The van der Waals surface area contributed by atoms with Crippen LogP contribution in [0.25, 0.3) is 0 Å². The van der Waals surface area contributed by atoms with E-state index in [0.717, 1.165) is 26.1 Å². The first kappa shape index (κ1) is 17.2. The van der Waals surface area contributed by atoms with Crippen molar-refractivity contribution in [1.82, 2.24) is 9.80 Å². The second kappa shape index (κ2) is 9.11. The van der Waals surface area contributed by atoms with Gasteiger partial charge in [0, 0.05) is 19.1 Å². The Morgan fingerprint density at radius 2 is 1.80 bits per heavy atom. The molecule has 1 aromatic rings. The van der Waals surface area contributed by atoms with E-state index in [2.05, 4.69) is 62.0 Å². The predicted octanol–water partition coefficient (Wildman–Crippen LogP) is 2.52. The fourth-order valence-corrected chi connectivity index (χ4v) is 2.78. The van der Waals surface area contributed by atoms with E-state index in [1.54, 1.807) is 0 Å². The summed E-state index contributed by atoms with van der Waals surface area (Å²) in [6, 6.07) is 9.07. The van der Waals surface area contributed by atoms with Crippen LogP contribution in [0.4, 0.5) is 0 Å².